The van der Waals surface area contributed by atoms with E-state index in [9.17, 15) is 4.79 Å². The molecule has 0 radical (unpaired) electrons. The van der Waals surface area contributed by atoms with E-state index in [-0.39, 0.29) is 5.56 Å². The number of para-hydroxylation sites is 2. The molecule has 5 heteroatoms. The molecule has 0 atom stereocenters. The molecular weight excluding hydrogens is 256 g/mol. The second kappa shape index (κ2) is 5.21. The van der Waals surface area contributed by atoms with Crippen LogP contribution in [0.4, 0.5) is 11.5 Å². The minimum Gasteiger partial charge on any atom is -0.491 e. The van der Waals surface area contributed by atoms with Crippen LogP contribution in [0.5, 0.6) is 5.75 Å². The van der Waals surface area contributed by atoms with Gasteiger partial charge in [-0.25, -0.2) is 9.78 Å². The molecule has 0 bridgehead atoms. The van der Waals surface area contributed by atoms with Gasteiger partial charge in [0.1, 0.15) is 11.6 Å². The van der Waals surface area contributed by atoms with Crippen molar-refractivity contribution in [3.05, 3.63) is 48.2 Å². The van der Waals surface area contributed by atoms with Crippen molar-refractivity contribution >= 4 is 17.5 Å². The van der Waals surface area contributed by atoms with E-state index in [1.54, 1.807) is 12.1 Å². The molecule has 0 unspecified atom stereocenters. The van der Waals surface area contributed by atoms with E-state index >= 15 is 0 Å². The highest BCUT2D eigenvalue weighted by Crippen LogP contribution is 2.34. The number of hydrogen-bond donors (Lipinski definition) is 1. The van der Waals surface area contributed by atoms with Crippen molar-refractivity contribution in [3.8, 4) is 5.75 Å². The van der Waals surface area contributed by atoms with Crippen LogP contribution in [0.15, 0.2) is 42.6 Å². The lowest BCUT2D eigenvalue weighted by molar-refractivity contribution is 0.0696. The first-order chi connectivity index (χ1) is 9.75. The Balaban J connectivity index is 1.98. The zero-order valence-corrected chi connectivity index (χ0v) is 10.8. The van der Waals surface area contributed by atoms with E-state index in [1.807, 2.05) is 29.2 Å². The van der Waals surface area contributed by atoms with Gasteiger partial charge >= 0.3 is 5.97 Å². The highest BCUT2D eigenvalue weighted by molar-refractivity contribution is 5.87. The highest BCUT2D eigenvalue weighted by Gasteiger charge is 2.18. The van der Waals surface area contributed by atoms with Gasteiger partial charge in [-0.05, 0) is 30.7 Å². The number of nitrogens with zero attached hydrogens (tertiary/aromatic N) is 2. The second-order valence-electron chi connectivity index (χ2n) is 4.53. The molecule has 1 aliphatic heterocycles. The quantitative estimate of drug-likeness (QED) is 0.909. The summed E-state index contributed by atoms with van der Waals surface area (Å²) >= 11 is 0. The standard InChI is InChI=1S/C15H14N2O3/c18-15(19)11-6-7-14(16-10-11)17-8-3-9-20-13-5-2-1-4-12(13)17/h1-2,4-7,10H,3,8-9H2,(H,18,19). The molecule has 2 aromatic rings. The Labute approximate surface area is 116 Å². The summed E-state index contributed by atoms with van der Waals surface area (Å²) in [7, 11) is 0. The summed E-state index contributed by atoms with van der Waals surface area (Å²) in [6.07, 6.45) is 2.27. The number of ether oxygens (including phenoxy) is 1. The lowest BCUT2D eigenvalue weighted by atomic mass is 10.2. The lowest BCUT2D eigenvalue weighted by Crippen LogP contribution is -2.19. The van der Waals surface area contributed by atoms with Crippen LogP contribution in [0.3, 0.4) is 0 Å². The number of aromatic nitrogens is 1. The SMILES string of the molecule is O=C(O)c1ccc(N2CCCOc3ccccc32)nc1. The number of benzene rings is 1. The fourth-order valence-corrected chi connectivity index (χ4v) is 2.24. The zero-order chi connectivity index (χ0) is 13.9. The fraction of sp³-hybridized carbons (Fsp3) is 0.200. The van der Waals surface area contributed by atoms with Crippen LogP contribution in [0.25, 0.3) is 0 Å². The predicted octanol–water partition coefficient (Wildman–Crippen LogP) is 2.70. The molecular formula is C15H14N2O3. The van der Waals surface area contributed by atoms with E-state index < -0.39 is 5.97 Å². The summed E-state index contributed by atoms with van der Waals surface area (Å²) in [4.78, 5) is 17.2. The maximum absolute atomic E-state index is 10.9. The van der Waals surface area contributed by atoms with Gasteiger partial charge in [-0.15, -0.1) is 0 Å². The Morgan fingerprint density at radius 1 is 1.25 bits per heavy atom. The summed E-state index contributed by atoms with van der Waals surface area (Å²) in [5.41, 5.74) is 1.15. The van der Waals surface area contributed by atoms with Gasteiger partial charge in [0, 0.05) is 12.7 Å². The van der Waals surface area contributed by atoms with Gasteiger partial charge in [-0.3, -0.25) is 0 Å². The molecule has 1 aromatic heterocycles. The first kappa shape index (κ1) is 12.5. The van der Waals surface area contributed by atoms with Gasteiger partial charge in [-0.1, -0.05) is 12.1 Å². The molecule has 3 rings (SSSR count). The summed E-state index contributed by atoms with van der Waals surface area (Å²) < 4.78 is 5.70. The molecule has 1 aromatic carbocycles. The van der Waals surface area contributed by atoms with Crippen molar-refractivity contribution in [2.45, 2.75) is 6.42 Å². The van der Waals surface area contributed by atoms with E-state index in [0.717, 1.165) is 30.2 Å². The molecule has 0 amide bonds. The molecule has 1 aliphatic rings. The maximum Gasteiger partial charge on any atom is 0.337 e. The normalized spacial score (nSPS) is 14.1. The minimum absolute atomic E-state index is 0.188. The van der Waals surface area contributed by atoms with Crippen LogP contribution in [-0.4, -0.2) is 29.2 Å². The minimum atomic E-state index is -0.969. The zero-order valence-electron chi connectivity index (χ0n) is 10.8. The first-order valence-electron chi connectivity index (χ1n) is 6.44. The molecule has 0 fully saturated rings. The van der Waals surface area contributed by atoms with Crippen LogP contribution < -0.4 is 9.64 Å². The van der Waals surface area contributed by atoms with E-state index in [4.69, 9.17) is 9.84 Å². The third-order valence-corrected chi connectivity index (χ3v) is 3.21. The summed E-state index contributed by atoms with van der Waals surface area (Å²) in [6.45, 7) is 1.46. The van der Waals surface area contributed by atoms with E-state index in [0.29, 0.717) is 6.61 Å². The molecule has 0 saturated carbocycles. The number of carboxylic acid groups (broad SMARTS) is 1. The van der Waals surface area contributed by atoms with Crippen molar-refractivity contribution in [1.29, 1.82) is 0 Å². The van der Waals surface area contributed by atoms with Gasteiger partial charge in [-0.2, -0.15) is 0 Å². The Kier molecular flexibility index (Phi) is 3.25. The molecule has 0 aliphatic carbocycles. The van der Waals surface area contributed by atoms with Crippen LogP contribution in [0, 0.1) is 0 Å². The Bertz CT molecular complexity index is 625. The molecule has 2 heterocycles. The second-order valence-corrected chi connectivity index (χ2v) is 4.53. The Hall–Kier alpha value is -2.56. The number of fused-ring (bicyclic) bond motifs is 1. The number of carboxylic acids is 1. The molecule has 1 N–H and O–H groups in total. The van der Waals surface area contributed by atoms with Crippen LogP contribution in [0.1, 0.15) is 16.8 Å². The van der Waals surface area contributed by atoms with Crippen molar-refractivity contribution < 1.29 is 14.6 Å². The van der Waals surface area contributed by atoms with Gasteiger partial charge in [0.15, 0.2) is 0 Å². The van der Waals surface area contributed by atoms with E-state index in [2.05, 4.69) is 4.98 Å². The summed E-state index contributed by atoms with van der Waals surface area (Å²) in [5.74, 6) is 0.589. The third-order valence-electron chi connectivity index (χ3n) is 3.21. The van der Waals surface area contributed by atoms with Crippen molar-refractivity contribution in [2.75, 3.05) is 18.1 Å². The van der Waals surface area contributed by atoms with Crippen molar-refractivity contribution in [3.63, 3.8) is 0 Å². The van der Waals surface area contributed by atoms with Crippen LogP contribution in [0.2, 0.25) is 0 Å². The molecule has 0 saturated heterocycles. The molecule has 5 nitrogen and oxygen atoms in total. The average Bonchev–Trinajstić information content (AvgIpc) is 2.69. The maximum atomic E-state index is 10.9. The number of hydrogen-bond acceptors (Lipinski definition) is 4. The van der Waals surface area contributed by atoms with Crippen LogP contribution >= 0.6 is 0 Å². The molecule has 102 valence electrons. The summed E-state index contributed by atoms with van der Waals surface area (Å²) in [5, 5.41) is 8.92. The van der Waals surface area contributed by atoms with E-state index in [1.165, 1.54) is 6.20 Å². The topological polar surface area (TPSA) is 62.7 Å². The van der Waals surface area contributed by atoms with Gasteiger partial charge in [0.2, 0.25) is 0 Å². The van der Waals surface area contributed by atoms with Crippen molar-refractivity contribution in [2.24, 2.45) is 0 Å². The number of pyridine rings is 1. The molecule has 0 spiro atoms. The lowest BCUT2D eigenvalue weighted by Gasteiger charge is -2.22. The smallest absolute Gasteiger partial charge is 0.337 e. The Morgan fingerprint density at radius 2 is 2.10 bits per heavy atom. The number of carbonyl (C=O) groups is 1. The Morgan fingerprint density at radius 3 is 2.85 bits per heavy atom. The average molecular weight is 270 g/mol. The number of aromatic carboxylic acids is 1. The van der Waals surface area contributed by atoms with Gasteiger partial charge < -0.3 is 14.7 Å². The first-order valence-corrected chi connectivity index (χ1v) is 6.44. The fourth-order valence-electron chi connectivity index (χ4n) is 2.24. The monoisotopic (exact) mass is 270 g/mol. The van der Waals surface area contributed by atoms with Gasteiger partial charge in [0.05, 0.1) is 17.9 Å². The predicted molar refractivity (Wildman–Crippen MR) is 74.8 cm³/mol. The number of rotatable bonds is 2. The highest BCUT2D eigenvalue weighted by atomic mass is 16.5. The molecule has 20 heavy (non-hydrogen) atoms. The number of anilines is 2. The largest absolute Gasteiger partial charge is 0.491 e. The van der Waals surface area contributed by atoms with Gasteiger partial charge in [0.25, 0.3) is 0 Å². The summed E-state index contributed by atoms with van der Waals surface area (Å²) in [6, 6.07) is 11.1. The van der Waals surface area contributed by atoms with Crippen molar-refractivity contribution in [1.82, 2.24) is 4.98 Å². The third kappa shape index (κ3) is 2.30. The van der Waals surface area contributed by atoms with Crippen LogP contribution in [-0.2, 0) is 0 Å².